The van der Waals surface area contributed by atoms with Crippen LogP contribution < -0.4 is 11.1 Å². The number of nitrogen functional groups attached to an aromatic ring is 1. The van der Waals surface area contributed by atoms with Crippen LogP contribution in [-0.4, -0.2) is 44.6 Å². The van der Waals surface area contributed by atoms with Gasteiger partial charge in [-0.25, -0.2) is 9.67 Å². The molecule has 2 amide bonds. The lowest BCUT2D eigenvalue weighted by Crippen LogP contribution is -2.43. The summed E-state index contributed by atoms with van der Waals surface area (Å²) in [6.07, 6.45) is 5.97. The fourth-order valence-corrected chi connectivity index (χ4v) is 4.24. The topological polar surface area (TPSA) is 115 Å². The van der Waals surface area contributed by atoms with Crippen LogP contribution in [0.1, 0.15) is 57.9 Å². The lowest BCUT2D eigenvalue weighted by atomic mass is 10.0. The van der Waals surface area contributed by atoms with Crippen LogP contribution in [-0.2, 0) is 14.3 Å². The van der Waals surface area contributed by atoms with E-state index >= 15 is 0 Å². The van der Waals surface area contributed by atoms with Gasteiger partial charge >= 0.3 is 11.8 Å². The Morgan fingerprint density at radius 1 is 1.24 bits per heavy atom. The van der Waals surface area contributed by atoms with E-state index in [1.807, 2.05) is 51.1 Å². The number of aromatic nitrogens is 3. The third-order valence-electron chi connectivity index (χ3n) is 6.06. The highest BCUT2D eigenvalue weighted by molar-refractivity contribution is 6.40. The largest absolute Gasteiger partial charge is 0.383 e. The van der Waals surface area contributed by atoms with E-state index in [0.717, 1.165) is 24.8 Å². The smallest absolute Gasteiger partial charge is 0.314 e. The van der Waals surface area contributed by atoms with Gasteiger partial charge < -0.3 is 20.7 Å². The molecular weight excluding hydrogens is 432 g/mol. The van der Waals surface area contributed by atoms with E-state index < -0.39 is 11.8 Å². The molecule has 2 unspecified atom stereocenters. The number of nitrogens with one attached hydrogen (secondary N) is 1. The Bertz CT molecular complexity index is 1150. The van der Waals surface area contributed by atoms with Crippen molar-refractivity contribution in [3.05, 3.63) is 48.3 Å². The molecule has 1 aliphatic rings. The third kappa shape index (κ3) is 5.04. The van der Waals surface area contributed by atoms with Crippen LogP contribution in [0.2, 0.25) is 0 Å². The minimum atomic E-state index is -0.736. The number of pyridine rings is 1. The molecule has 9 heteroatoms. The normalized spacial score (nSPS) is 17.0. The maximum absolute atomic E-state index is 13.3. The summed E-state index contributed by atoms with van der Waals surface area (Å²) in [7, 11) is 0. The van der Waals surface area contributed by atoms with Crippen molar-refractivity contribution in [2.24, 2.45) is 5.92 Å². The summed E-state index contributed by atoms with van der Waals surface area (Å²) in [5, 5.41) is 7.95. The zero-order valence-electron chi connectivity index (χ0n) is 19.9. The second-order valence-electron chi connectivity index (χ2n) is 9.14. The Hall–Kier alpha value is -3.46. The Kier molecular flexibility index (Phi) is 7.12. The molecule has 1 fully saturated rings. The molecule has 0 radical (unpaired) electrons. The molecule has 3 N–H and O–H groups in total. The molecule has 3 heterocycles. The second-order valence-corrected chi connectivity index (χ2v) is 9.14. The molecule has 9 nitrogen and oxygen atoms in total. The molecule has 0 saturated carbocycles. The Labute approximate surface area is 199 Å². The van der Waals surface area contributed by atoms with E-state index in [0.29, 0.717) is 35.6 Å². The summed E-state index contributed by atoms with van der Waals surface area (Å²) in [5.74, 6) is -0.843. The highest BCUT2D eigenvalue weighted by atomic mass is 16.5. The van der Waals surface area contributed by atoms with Crippen LogP contribution in [0.3, 0.4) is 0 Å². The lowest BCUT2D eigenvalue weighted by molar-refractivity contribution is -0.145. The van der Waals surface area contributed by atoms with Crippen LogP contribution in [0.4, 0.5) is 11.5 Å². The number of carbonyl (C=O) groups is 2. The van der Waals surface area contributed by atoms with Gasteiger partial charge in [-0.2, -0.15) is 5.10 Å². The van der Waals surface area contributed by atoms with Crippen LogP contribution in [0.25, 0.3) is 10.9 Å². The van der Waals surface area contributed by atoms with Gasteiger partial charge in [-0.3, -0.25) is 9.59 Å². The molecule has 4 rings (SSSR count). The molecule has 0 aliphatic carbocycles. The van der Waals surface area contributed by atoms with Gasteiger partial charge in [-0.05, 0) is 37.7 Å². The summed E-state index contributed by atoms with van der Waals surface area (Å²) < 4.78 is 7.54. The number of carbonyl (C=O) groups excluding carboxylic acids is 2. The van der Waals surface area contributed by atoms with Gasteiger partial charge in [0.2, 0.25) is 0 Å². The van der Waals surface area contributed by atoms with Gasteiger partial charge in [0.1, 0.15) is 17.6 Å². The number of benzene rings is 1. The van der Waals surface area contributed by atoms with Crippen LogP contribution >= 0.6 is 0 Å². The number of hydrogen-bond acceptors (Lipinski definition) is 6. The summed E-state index contributed by atoms with van der Waals surface area (Å²) in [6.45, 7) is 7.09. The summed E-state index contributed by atoms with van der Waals surface area (Å²) >= 11 is 0. The van der Waals surface area contributed by atoms with Gasteiger partial charge in [-0.1, -0.05) is 44.2 Å². The number of rotatable bonds is 6. The molecule has 2 atom stereocenters. The van der Waals surface area contributed by atoms with Crippen molar-refractivity contribution in [1.82, 2.24) is 19.7 Å². The molecule has 1 saturated heterocycles. The zero-order chi connectivity index (χ0) is 24.2. The fourth-order valence-electron chi connectivity index (χ4n) is 4.24. The first-order chi connectivity index (χ1) is 16.3. The summed E-state index contributed by atoms with van der Waals surface area (Å²) in [5.41, 5.74) is 7.86. The van der Waals surface area contributed by atoms with Crippen molar-refractivity contribution >= 4 is 34.2 Å². The quantitative estimate of drug-likeness (QED) is 0.535. The van der Waals surface area contributed by atoms with Crippen molar-refractivity contribution in [2.75, 3.05) is 24.2 Å². The maximum atomic E-state index is 13.3. The first kappa shape index (κ1) is 23.7. The van der Waals surface area contributed by atoms with Crippen molar-refractivity contribution in [3.63, 3.8) is 0 Å². The predicted molar refractivity (Wildman–Crippen MR) is 131 cm³/mol. The Balaban J connectivity index is 1.58. The van der Waals surface area contributed by atoms with Gasteiger partial charge in [0.05, 0.1) is 23.3 Å². The first-order valence-corrected chi connectivity index (χ1v) is 11.8. The number of nitrogens with two attached hydrogens (primary N) is 1. The van der Waals surface area contributed by atoms with E-state index in [-0.39, 0.29) is 18.2 Å². The number of hydrogen-bond donors (Lipinski definition) is 2. The molecule has 34 heavy (non-hydrogen) atoms. The number of ether oxygens (including phenoxy) is 1. The van der Waals surface area contributed by atoms with Crippen molar-refractivity contribution in [2.45, 2.75) is 52.3 Å². The highest BCUT2D eigenvalue weighted by Crippen LogP contribution is 2.30. The van der Waals surface area contributed by atoms with E-state index in [1.54, 1.807) is 15.8 Å². The van der Waals surface area contributed by atoms with Crippen molar-refractivity contribution < 1.29 is 14.3 Å². The third-order valence-corrected chi connectivity index (χ3v) is 6.06. The summed E-state index contributed by atoms with van der Waals surface area (Å²) in [6, 6.07) is 9.43. The van der Waals surface area contributed by atoms with E-state index in [9.17, 15) is 9.59 Å². The van der Waals surface area contributed by atoms with Gasteiger partial charge in [0.25, 0.3) is 0 Å². The standard InChI is InChI=1S/C25H32N6O3/c1-16(2)14-30(17(3)18-9-5-4-6-10-18)25(33)24(32)28-20-13-27-23(26)19-15-31(29-22(19)20)21-11-7-8-12-34-21/h4-6,9-10,13,15-17,21H,7-8,11-12,14H2,1-3H3,(H2,26,27)(H,28,32). The minimum absolute atomic E-state index is 0.181. The van der Waals surface area contributed by atoms with Crippen molar-refractivity contribution in [3.8, 4) is 0 Å². The predicted octanol–water partition coefficient (Wildman–Crippen LogP) is 3.90. The van der Waals surface area contributed by atoms with Gasteiger partial charge in [0, 0.05) is 19.3 Å². The Morgan fingerprint density at radius 3 is 2.68 bits per heavy atom. The molecule has 1 aliphatic heterocycles. The maximum Gasteiger partial charge on any atom is 0.314 e. The van der Waals surface area contributed by atoms with E-state index in [4.69, 9.17) is 10.5 Å². The van der Waals surface area contributed by atoms with Gasteiger partial charge in [-0.15, -0.1) is 0 Å². The monoisotopic (exact) mass is 464 g/mol. The van der Waals surface area contributed by atoms with E-state index in [1.165, 1.54) is 6.20 Å². The van der Waals surface area contributed by atoms with Crippen LogP contribution in [0.5, 0.6) is 0 Å². The van der Waals surface area contributed by atoms with Crippen LogP contribution in [0, 0.1) is 5.92 Å². The molecular formula is C25H32N6O3. The molecule has 180 valence electrons. The zero-order valence-corrected chi connectivity index (χ0v) is 19.9. The molecule has 0 spiro atoms. The average molecular weight is 465 g/mol. The average Bonchev–Trinajstić information content (AvgIpc) is 3.31. The Morgan fingerprint density at radius 2 is 2.00 bits per heavy atom. The van der Waals surface area contributed by atoms with Gasteiger partial charge in [0.15, 0.2) is 0 Å². The van der Waals surface area contributed by atoms with Crippen LogP contribution in [0.15, 0.2) is 42.7 Å². The SMILES string of the molecule is CC(C)CN(C(=O)C(=O)Nc1cnc(N)c2cn(C3CCCCO3)nc12)C(C)c1ccccc1. The number of nitrogens with zero attached hydrogens (tertiary/aromatic N) is 4. The number of fused-ring (bicyclic) bond motifs is 1. The lowest BCUT2D eigenvalue weighted by Gasteiger charge is -2.30. The molecule has 2 aromatic heterocycles. The van der Waals surface area contributed by atoms with E-state index in [2.05, 4.69) is 15.4 Å². The molecule has 3 aromatic rings. The number of amides is 2. The second kappa shape index (κ2) is 10.2. The number of anilines is 2. The first-order valence-electron chi connectivity index (χ1n) is 11.8. The summed E-state index contributed by atoms with van der Waals surface area (Å²) in [4.78, 5) is 32.2. The minimum Gasteiger partial charge on any atom is -0.383 e. The molecule has 0 bridgehead atoms. The fraction of sp³-hybridized carbons (Fsp3) is 0.440. The highest BCUT2D eigenvalue weighted by Gasteiger charge is 2.29. The van der Waals surface area contributed by atoms with Crippen molar-refractivity contribution in [1.29, 1.82) is 0 Å². The molecule has 1 aromatic carbocycles.